The van der Waals surface area contributed by atoms with Crippen LogP contribution in [0.5, 0.6) is 0 Å². The van der Waals surface area contributed by atoms with Crippen molar-refractivity contribution in [2.75, 3.05) is 5.75 Å². The fourth-order valence-corrected chi connectivity index (χ4v) is 2.89. The molecule has 96 valence electrons. The van der Waals surface area contributed by atoms with Gasteiger partial charge in [0.25, 0.3) is 0 Å². The van der Waals surface area contributed by atoms with E-state index < -0.39 is 15.8 Å². The highest BCUT2D eigenvalue weighted by atomic mass is 32.2. The maximum Gasteiger partial charge on any atom is 0.407 e. The van der Waals surface area contributed by atoms with E-state index in [-0.39, 0.29) is 18.4 Å². The lowest BCUT2D eigenvalue weighted by molar-refractivity contribution is 0.138. The molecule has 0 fully saturated rings. The van der Waals surface area contributed by atoms with Crippen LogP contribution >= 0.6 is 0 Å². The fraction of sp³-hybridized carbons (Fsp3) is 0.250. The minimum Gasteiger partial charge on any atom is -0.445 e. The molecule has 1 aliphatic rings. The van der Waals surface area contributed by atoms with Crippen LogP contribution in [0.25, 0.3) is 0 Å². The fourth-order valence-electron chi connectivity index (χ4n) is 1.61. The quantitative estimate of drug-likeness (QED) is 0.876. The third-order valence-corrected chi connectivity index (χ3v) is 3.92. The number of hydrogen-bond donors (Lipinski definition) is 2. The Bertz CT molecular complexity index is 552. The van der Waals surface area contributed by atoms with E-state index in [1.54, 1.807) is 6.08 Å². The zero-order valence-corrected chi connectivity index (χ0v) is 10.5. The van der Waals surface area contributed by atoms with Crippen molar-refractivity contribution in [3.63, 3.8) is 0 Å². The second-order valence-corrected chi connectivity index (χ2v) is 6.09. The zero-order valence-electron chi connectivity index (χ0n) is 9.67. The summed E-state index contributed by atoms with van der Waals surface area (Å²) in [6, 6.07) is 8.96. The van der Waals surface area contributed by atoms with Gasteiger partial charge >= 0.3 is 6.09 Å². The number of benzene rings is 1. The first-order valence-electron chi connectivity index (χ1n) is 5.47. The van der Waals surface area contributed by atoms with Crippen molar-refractivity contribution in [1.82, 2.24) is 5.32 Å². The van der Waals surface area contributed by atoms with Crippen molar-refractivity contribution in [2.24, 2.45) is 0 Å². The number of alkyl carbamates (subject to hydrolysis) is 1. The normalized spacial score (nSPS) is 25.9. The largest absolute Gasteiger partial charge is 0.445 e. The first kappa shape index (κ1) is 12.6. The number of carbonyl (C=O) groups excluding carboxylic acids is 1. The Balaban J connectivity index is 1.79. The van der Waals surface area contributed by atoms with Gasteiger partial charge in [-0.2, -0.15) is 0 Å². The number of ether oxygens (including phenoxy) is 1. The number of hydrogen-bond acceptors (Lipinski definition) is 4. The van der Waals surface area contributed by atoms with Gasteiger partial charge in [0.05, 0.1) is 21.5 Å². The van der Waals surface area contributed by atoms with E-state index in [0.29, 0.717) is 0 Å². The van der Waals surface area contributed by atoms with Gasteiger partial charge < -0.3 is 10.1 Å². The Morgan fingerprint density at radius 2 is 2.17 bits per heavy atom. The molecule has 0 saturated carbocycles. The van der Waals surface area contributed by atoms with E-state index in [2.05, 4.69) is 5.32 Å². The van der Waals surface area contributed by atoms with Crippen LogP contribution in [-0.2, 0) is 21.1 Å². The SMILES string of the molecule is N=[S@@]1(=O)C=C[C@@H](NC(=O)OCc2ccccc2)C1. The molecule has 2 rings (SSSR count). The maximum absolute atomic E-state index is 11.5. The maximum atomic E-state index is 11.5. The molecule has 0 unspecified atom stereocenters. The summed E-state index contributed by atoms with van der Waals surface area (Å²) in [6.07, 6.45) is 1.00. The van der Waals surface area contributed by atoms with Crippen LogP contribution in [0.15, 0.2) is 41.8 Å². The molecule has 5 nitrogen and oxygen atoms in total. The number of carbonyl (C=O) groups is 1. The Kier molecular flexibility index (Phi) is 3.66. The van der Waals surface area contributed by atoms with Crippen LogP contribution in [0.1, 0.15) is 5.56 Å². The van der Waals surface area contributed by atoms with Crippen LogP contribution in [0, 0.1) is 4.78 Å². The summed E-state index contributed by atoms with van der Waals surface area (Å²) in [7, 11) is -2.66. The van der Waals surface area contributed by atoms with Crippen molar-refractivity contribution in [2.45, 2.75) is 12.6 Å². The molecule has 1 aliphatic heterocycles. The molecule has 1 heterocycles. The van der Waals surface area contributed by atoms with E-state index in [9.17, 15) is 9.00 Å². The van der Waals surface area contributed by atoms with Crippen molar-refractivity contribution >= 4 is 15.8 Å². The third-order valence-electron chi connectivity index (χ3n) is 2.47. The van der Waals surface area contributed by atoms with Crippen molar-refractivity contribution in [3.8, 4) is 0 Å². The van der Waals surface area contributed by atoms with Gasteiger partial charge in [-0.1, -0.05) is 36.4 Å². The molecule has 0 spiro atoms. The smallest absolute Gasteiger partial charge is 0.407 e. The van der Waals surface area contributed by atoms with E-state index in [1.807, 2.05) is 30.3 Å². The van der Waals surface area contributed by atoms with Gasteiger partial charge in [-0.3, -0.25) is 0 Å². The first-order chi connectivity index (χ1) is 8.55. The van der Waals surface area contributed by atoms with E-state index in [1.165, 1.54) is 5.41 Å². The van der Waals surface area contributed by atoms with Crippen LogP contribution in [0.3, 0.4) is 0 Å². The lowest BCUT2D eigenvalue weighted by Gasteiger charge is -2.11. The van der Waals surface area contributed by atoms with E-state index in [0.717, 1.165) is 5.56 Å². The Morgan fingerprint density at radius 3 is 2.78 bits per heavy atom. The molecule has 0 radical (unpaired) electrons. The van der Waals surface area contributed by atoms with Gasteiger partial charge in [0.15, 0.2) is 0 Å². The minimum absolute atomic E-state index is 0.118. The minimum atomic E-state index is -2.66. The Morgan fingerprint density at radius 1 is 1.44 bits per heavy atom. The predicted octanol–water partition coefficient (Wildman–Crippen LogP) is 1.86. The molecule has 0 bridgehead atoms. The van der Waals surface area contributed by atoms with Crippen LogP contribution in [0.2, 0.25) is 0 Å². The van der Waals surface area contributed by atoms with Crippen molar-refractivity contribution < 1.29 is 13.7 Å². The lowest BCUT2D eigenvalue weighted by Crippen LogP contribution is -2.35. The molecule has 2 N–H and O–H groups in total. The van der Waals surface area contributed by atoms with Crippen LogP contribution in [0.4, 0.5) is 4.79 Å². The molecule has 1 amide bonds. The number of nitrogens with one attached hydrogen (secondary N) is 2. The third kappa shape index (κ3) is 3.59. The van der Waals surface area contributed by atoms with Crippen LogP contribution in [-0.4, -0.2) is 22.1 Å². The Labute approximate surface area is 106 Å². The Hall–Kier alpha value is -1.82. The van der Waals surface area contributed by atoms with Gasteiger partial charge in [-0.15, -0.1) is 0 Å². The average molecular weight is 266 g/mol. The first-order valence-corrected chi connectivity index (χ1v) is 7.26. The monoisotopic (exact) mass is 266 g/mol. The molecule has 6 heteroatoms. The standard InChI is InChI=1S/C12H14N2O3S/c13-18(16)7-6-11(9-18)14-12(15)17-8-10-4-2-1-3-5-10/h1-7,11,13H,8-9H2,(H,14,15)/t11-,18-/m1/s1. The van der Waals surface area contributed by atoms with E-state index in [4.69, 9.17) is 9.52 Å². The molecule has 0 aliphatic carbocycles. The van der Waals surface area contributed by atoms with E-state index >= 15 is 0 Å². The topological polar surface area (TPSA) is 79.3 Å². The van der Waals surface area contributed by atoms with Gasteiger partial charge in [0.2, 0.25) is 0 Å². The van der Waals surface area contributed by atoms with Gasteiger partial charge in [-0.25, -0.2) is 13.8 Å². The second-order valence-electron chi connectivity index (χ2n) is 4.03. The molecule has 1 aromatic rings. The summed E-state index contributed by atoms with van der Waals surface area (Å²) >= 11 is 0. The summed E-state index contributed by atoms with van der Waals surface area (Å²) in [5.74, 6) is 0.118. The number of amides is 1. The highest BCUT2D eigenvalue weighted by Gasteiger charge is 2.20. The molecule has 0 aromatic heterocycles. The van der Waals surface area contributed by atoms with Crippen LogP contribution < -0.4 is 5.32 Å². The number of rotatable bonds is 3. The molecular weight excluding hydrogens is 252 g/mol. The predicted molar refractivity (Wildman–Crippen MR) is 68.4 cm³/mol. The van der Waals surface area contributed by atoms with Gasteiger partial charge in [-0.05, 0) is 5.56 Å². The highest BCUT2D eigenvalue weighted by Crippen LogP contribution is 2.09. The van der Waals surface area contributed by atoms with Gasteiger partial charge in [0, 0.05) is 5.41 Å². The van der Waals surface area contributed by atoms with Crippen molar-refractivity contribution in [3.05, 3.63) is 47.4 Å². The molecular formula is C12H14N2O3S. The van der Waals surface area contributed by atoms with Gasteiger partial charge in [0.1, 0.15) is 6.61 Å². The molecule has 2 atom stereocenters. The lowest BCUT2D eigenvalue weighted by atomic mass is 10.2. The second kappa shape index (κ2) is 5.22. The zero-order chi connectivity index (χ0) is 13.0. The molecule has 18 heavy (non-hydrogen) atoms. The summed E-state index contributed by atoms with van der Waals surface area (Å²) in [5.41, 5.74) is 0.902. The van der Waals surface area contributed by atoms with Crippen molar-refractivity contribution in [1.29, 1.82) is 4.78 Å². The average Bonchev–Trinajstić information content (AvgIpc) is 2.67. The summed E-state index contributed by atoms with van der Waals surface area (Å²) in [5, 5.41) is 3.89. The summed E-state index contributed by atoms with van der Waals surface area (Å²) in [6.45, 7) is 0.194. The molecule has 1 aromatic carbocycles. The molecule has 0 saturated heterocycles. The highest BCUT2D eigenvalue weighted by molar-refractivity contribution is 7.95. The summed E-state index contributed by atoms with van der Waals surface area (Å²) < 4.78 is 23.7. The summed E-state index contributed by atoms with van der Waals surface area (Å²) in [4.78, 5) is 11.5.